The molecule has 2 rings (SSSR count). The Balaban J connectivity index is 2.22. The van der Waals surface area contributed by atoms with Gasteiger partial charge in [-0.05, 0) is 31.3 Å². The van der Waals surface area contributed by atoms with Crippen molar-refractivity contribution >= 4 is 5.71 Å². The van der Waals surface area contributed by atoms with Crippen LogP contribution in [0.4, 0.5) is 0 Å². The van der Waals surface area contributed by atoms with E-state index in [4.69, 9.17) is 0 Å². The van der Waals surface area contributed by atoms with E-state index in [9.17, 15) is 0 Å². The standard InChI is InChI=1S/C7H9N2/c1-2-4-7-6(3-1)5-8-9-7/h5H,1-4H2. The lowest BCUT2D eigenvalue weighted by molar-refractivity contribution is 0.736. The Labute approximate surface area is 54.6 Å². The van der Waals surface area contributed by atoms with Crippen molar-refractivity contribution in [2.75, 3.05) is 0 Å². The number of nitrogens with zero attached hydrogens (tertiary/aromatic N) is 2. The normalized spacial score (nSPS) is 24.0. The molecule has 0 atom stereocenters. The van der Waals surface area contributed by atoms with Crippen molar-refractivity contribution in [2.24, 2.45) is 5.10 Å². The third-order valence-corrected chi connectivity index (χ3v) is 1.87. The van der Waals surface area contributed by atoms with Crippen LogP contribution in [0.1, 0.15) is 25.7 Å². The Morgan fingerprint density at radius 2 is 2.11 bits per heavy atom. The van der Waals surface area contributed by atoms with Crippen LogP contribution in [0.25, 0.3) is 0 Å². The summed E-state index contributed by atoms with van der Waals surface area (Å²) in [6.45, 7) is 0. The Kier molecular flexibility index (Phi) is 1.04. The SMILES string of the molecule is C1=C2CCCCC2=N[N]1. The molecule has 0 N–H and O–H groups in total. The minimum atomic E-state index is 1.15. The second-order valence-corrected chi connectivity index (χ2v) is 2.52. The molecule has 2 nitrogen and oxygen atoms in total. The Morgan fingerprint density at radius 1 is 1.22 bits per heavy atom. The molecule has 0 spiro atoms. The van der Waals surface area contributed by atoms with E-state index >= 15 is 0 Å². The van der Waals surface area contributed by atoms with E-state index in [1.54, 1.807) is 0 Å². The predicted molar refractivity (Wildman–Crippen MR) is 36.1 cm³/mol. The van der Waals surface area contributed by atoms with Crippen LogP contribution in [0.15, 0.2) is 16.9 Å². The van der Waals surface area contributed by atoms with Crippen LogP contribution in [-0.2, 0) is 0 Å². The molecule has 2 heteroatoms. The zero-order valence-corrected chi connectivity index (χ0v) is 5.30. The molecule has 1 saturated carbocycles. The number of hydrogen-bond acceptors (Lipinski definition) is 1. The minimum absolute atomic E-state index is 1.15. The summed E-state index contributed by atoms with van der Waals surface area (Å²) in [4.78, 5) is 0. The fourth-order valence-electron chi connectivity index (χ4n) is 1.33. The number of hydrogen-bond donors (Lipinski definition) is 0. The van der Waals surface area contributed by atoms with Gasteiger partial charge < -0.3 is 0 Å². The first-order valence-corrected chi connectivity index (χ1v) is 3.43. The van der Waals surface area contributed by atoms with E-state index in [2.05, 4.69) is 10.5 Å². The van der Waals surface area contributed by atoms with Crippen molar-refractivity contribution < 1.29 is 0 Å². The van der Waals surface area contributed by atoms with E-state index in [1.165, 1.54) is 30.5 Å². The minimum Gasteiger partial charge on any atom is -0.159 e. The largest absolute Gasteiger partial charge is 0.159 e. The quantitative estimate of drug-likeness (QED) is 0.463. The molecule has 1 radical (unpaired) electrons. The molecule has 0 unspecified atom stereocenters. The van der Waals surface area contributed by atoms with Gasteiger partial charge in [-0.1, -0.05) is 0 Å². The average Bonchev–Trinajstić information content (AvgIpc) is 2.33. The highest BCUT2D eigenvalue weighted by atomic mass is 15.3. The number of fused-ring (bicyclic) bond motifs is 1. The maximum Gasteiger partial charge on any atom is 0.0678 e. The van der Waals surface area contributed by atoms with Gasteiger partial charge >= 0.3 is 0 Å². The van der Waals surface area contributed by atoms with Crippen molar-refractivity contribution in [1.82, 2.24) is 5.43 Å². The molecule has 47 valence electrons. The summed E-state index contributed by atoms with van der Waals surface area (Å²) in [5, 5.41) is 4.01. The van der Waals surface area contributed by atoms with Crippen molar-refractivity contribution in [2.45, 2.75) is 25.7 Å². The van der Waals surface area contributed by atoms with Gasteiger partial charge in [-0.3, -0.25) is 0 Å². The van der Waals surface area contributed by atoms with Crippen LogP contribution in [0.3, 0.4) is 0 Å². The third-order valence-electron chi connectivity index (χ3n) is 1.87. The van der Waals surface area contributed by atoms with Crippen molar-refractivity contribution in [3.05, 3.63) is 11.8 Å². The molecular weight excluding hydrogens is 112 g/mol. The van der Waals surface area contributed by atoms with Crippen LogP contribution in [0.2, 0.25) is 0 Å². The molecule has 0 aromatic rings. The monoisotopic (exact) mass is 121 g/mol. The van der Waals surface area contributed by atoms with Crippen molar-refractivity contribution in [1.29, 1.82) is 0 Å². The van der Waals surface area contributed by atoms with Crippen LogP contribution < -0.4 is 5.43 Å². The summed E-state index contributed by atoms with van der Waals surface area (Å²) in [7, 11) is 0. The second-order valence-electron chi connectivity index (χ2n) is 2.52. The zero-order chi connectivity index (χ0) is 6.10. The van der Waals surface area contributed by atoms with Crippen molar-refractivity contribution in [3.63, 3.8) is 0 Å². The van der Waals surface area contributed by atoms with Gasteiger partial charge in [0.1, 0.15) is 0 Å². The molecule has 0 aromatic carbocycles. The van der Waals surface area contributed by atoms with Gasteiger partial charge in [0.05, 0.1) is 11.9 Å². The molecule has 9 heavy (non-hydrogen) atoms. The zero-order valence-electron chi connectivity index (χ0n) is 5.30. The van der Waals surface area contributed by atoms with Crippen LogP contribution in [0.5, 0.6) is 0 Å². The van der Waals surface area contributed by atoms with E-state index in [1.807, 2.05) is 6.20 Å². The molecular formula is C7H9N2. The molecule has 1 heterocycles. The summed E-state index contributed by atoms with van der Waals surface area (Å²) in [5.41, 5.74) is 6.47. The van der Waals surface area contributed by atoms with E-state index in [0.29, 0.717) is 0 Å². The van der Waals surface area contributed by atoms with Gasteiger partial charge in [0.15, 0.2) is 0 Å². The van der Waals surface area contributed by atoms with Gasteiger partial charge in [0.25, 0.3) is 0 Å². The highest BCUT2D eigenvalue weighted by molar-refractivity contribution is 6.01. The molecule has 1 fully saturated rings. The molecule has 0 bridgehead atoms. The summed E-state index contributed by atoms with van der Waals surface area (Å²) >= 11 is 0. The van der Waals surface area contributed by atoms with Gasteiger partial charge in [0.2, 0.25) is 0 Å². The van der Waals surface area contributed by atoms with Gasteiger partial charge in [0, 0.05) is 0 Å². The van der Waals surface area contributed by atoms with E-state index < -0.39 is 0 Å². The molecule has 1 aliphatic heterocycles. The summed E-state index contributed by atoms with van der Waals surface area (Å²) < 4.78 is 0. The highest BCUT2D eigenvalue weighted by Gasteiger charge is 2.16. The maximum absolute atomic E-state index is 4.01. The first kappa shape index (κ1) is 5.03. The van der Waals surface area contributed by atoms with Crippen molar-refractivity contribution in [3.8, 4) is 0 Å². The highest BCUT2D eigenvalue weighted by Crippen LogP contribution is 2.22. The van der Waals surface area contributed by atoms with Gasteiger partial charge in [-0.15, -0.1) is 0 Å². The van der Waals surface area contributed by atoms with Crippen LogP contribution >= 0.6 is 0 Å². The topological polar surface area (TPSA) is 26.5 Å². The summed E-state index contributed by atoms with van der Waals surface area (Å²) in [6, 6.07) is 0. The van der Waals surface area contributed by atoms with Gasteiger partial charge in [-0.25, -0.2) is 0 Å². The first-order chi connectivity index (χ1) is 4.47. The number of allylic oxidation sites excluding steroid dienone is 1. The lowest BCUT2D eigenvalue weighted by Crippen LogP contribution is -2.05. The Bertz CT molecular complexity index is 159. The summed E-state index contributed by atoms with van der Waals surface area (Å²) in [6.07, 6.45) is 6.86. The Morgan fingerprint density at radius 3 is 3.00 bits per heavy atom. The summed E-state index contributed by atoms with van der Waals surface area (Å²) in [5.74, 6) is 0. The fourth-order valence-corrected chi connectivity index (χ4v) is 1.33. The fraction of sp³-hybridized carbons (Fsp3) is 0.571. The maximum atomic E-state index is 4.01. The molecule has 2 aliphatic rings. The van der Waals surface area contributed by atoms with Crippen LogP contribution in [0, 0.1) is 0 Å². The lowest BCUT2D eigenvalue weighted by Gasteiger charge is -2.10. The Hall–Kier alpha value is -0.790. The first-order valence-electron chi connectivity index (χ1n) is 3.43. The molecule has 0 saturated heterocycles. The third kappa shape index (κ3) is 0.745. The average molecular weight is 121 g/mol. The molecule has 1 aliphatic carbocycles. The van der Waals surface area contributed by atoms with E-state index in [0.717, 1.165) is 6.42 Å². The smallest absolute Gasteiger partial charge is 0.0678 e. The molecule has 0 amide bonds. The van der Waals surface area contributed by atoms with Crippen LogP contribution in [-0.4, -0.2) is 5.71 Å². The lowest BCUT2D eigenvalue weighted by atomic mass is 9.94. The predicted octanol–water partition coefficient (Wildman–Crippen LogP) is 1.42. The second kappa shape index (κ2) is 1.87. The molecule has 0 aromatic heterocycles. The van der Waals surface area contributed by atoms with Gasteiger partial charge in [-0.2, -0.15) is 10.5 Å². The number of rotatable bonds is 0. The van der Waals surface area contributed by atoms with E-state index in [-0.39, 0.29) is 0 Å².